The second-order valence-electron chi connectivity index (χ2n) is 4.94. The molecule has 0 amide bonds. The van der Waals surface area contributed by atoms with Gasteiger partial charge >= 0.3 is 0 Å². The number of hydrogen-bond donors (Lipinski definition) is 1. The second-order valence-corrected chi connectivity index (χ2v) is 6.11. The van der Waals surface area contributed by atoms with Gasteiger partial charge in [0.25, 0.3) is 0 Å². The first-order valence-corrected chi connectivity index (χ1v) is 6.96. The third-order valence-electron chi connectivity index (χ3n) is 3.90. The van der Waals surface area contributed by atoms with Crippen LogP contribution >= 0.6 is 11.3 Å². The van der Waals surface area contributed by atoms with E-state index in [4.69, 9.17) is 0 Å². The van der Waals surface area contributed by atoms with Crippen molar-refractivity contribution in [1.82, 2.24) is 0 Å². The minimum atomic E-state index is -0.164. The third-order valence-corrected chi connectivity index (χ3v) is 5.21. The standard InChI is InChI=1S/C13H18OS/c14-13(9-4-1-2-5-9)12-8-10-6-3-7-11(10)15-12/h8-9,13-14H,1-7H2. The van der Waals surface area contributed by atoms with E-state index in [0.717, 1.165) is 0 Å². The van der Waals surface area contributed by atoms with Crippen LogP contribution in [0.25, 0.3) is 0 Å². The number of aliphatic hydroxyl groups excluding tert-OH is 1. The van der Waals surface area contributed by atoms with Crippen molar-refractivity contribution in [1.29, 1.82) is 0 Å². The van der Waals surface area contributed by atoms with Gasteiger partial charge in [-0.1, -0.05) is 12.8 Å². The van der Waals surface area contributed by atoms with Crippen LogP contribution < -0.4 is 0 Å². The van der Waals surface area contributed by atoms with Gasteiger partial charge in [0.05, 0.1) is 6.10 Å². The van der Waals surface area contributed by atoms with Gasteiger partial charge in [0.1, 0.15) is 0 Å². The highest BCUT2D eigenvalue weighted by Gasteiger charge is 2.27. The Bertz CT molecular complexity index is 328. The Balaban J connectivity index is 1.79. The third kappa shape index (κ3) is 1.74. The summed E-state index contributed by atoms with van der Waals surface area (Å²) in [6, 6.07) is 2.27. The first kappa shape index (κ1) is 9.86. The summed E-state index contributed by atoms with van der Waals surface area (Å²) >= 11 is 1.87. The van der Waals surface area contributed by atoms with Crippen molar-refractivity contribution < 1.29 is 5.11 Å². The van der Waals surface area contributed by atoms with Gasteiger partial charge in [-0.05, 0) is 49.7 Å². The Hall–Kier alpha value is -0.340. The number of fused-ring (bicyclic) bond motifs is 1. The molecule has 82 valence electrons. The van der Waals surface area contributed by atoms with E-state index < -0.39 is 0 Å². The van der Waals surface area contributed by atoms with Gasteiger partial charge in [-0.25, -0.2) is 0 Å². The van der Waals surface area contributed by atoms with E-state index in [1.165, 1.54) is 55.4 Å². The summed E-state index contributed by atoms with van der Waals surface area (Å²) < 4.78 is 0. The molecule has 1 fully saturated rings. The minimum Gasteiger partial charge on any atom is -0.387 e. The summed E-state index contributed by atoms with van der Waals surface area (Å²) in [5.74, 6) is 0.545. The monoisotopic (exact) mass is 222 g/mol. The molecule has 1 aromatic rings. The molecule has 1 nitrogen and oxygen atoms in total. The fraction of sp³-hybridized carbons (Fsp3) is 0.692. The topological polar surface area (TPSA) is 20.2 Å². The Morgan fingerprint density at radius 2 is 2.00 bits per heavy atom. The Morgan fingerprint density at radius 1 is 1.20 bits per heavy atom. The van der Waals surface area contributed by atoms with Gasteiger partial charge in [0.15, 0.2) is 0 Å². The first-order chi connectivity index (χ1) is 7.34. The van der Waals surface area contributed by atoms with Crippen molar-refractivity contribution in [2.75, 3.05) is 0 Å². The van der Waals surface area contributed by atoms with Gasteiger partial charge < -0.3 is 5.11 Å². The number of rotatable bonds is 2. The first-order valence-electron chi connectivity index (χ1n) is 6.14. The molecule has 0 spiro atoms. The van der Waals surface area contributed by atoms with E-state index in [1.54, 1.807) is 4.88 Å². The molecule has 0 aliphatic heterocycles. The van der Waals surface area contributed by atoms with Crippen LogP contribution in [0, 0.1) is 5.92 Å². The maximum Gasteiger partial charge on any atom is 0.0910 e. The maximum absolute atomic E-state index is 10.3. The summed E-state index contributed by atoms with van der Waals surface area (Å²) in [5.41, 5.74) is 1.52. The summed E-state index contributed by atoms with van der Waals surface area (Å²) in [6.07, 6.45) is 8.72. The lowest BCUT2D eigenvalue weighted by molar-refractivity contribution is 0.115. The molecule has 1 unspecified atom stereocenters. The van der Waals surface area contributed by atoms with Crippen LogP contribution in [0.3, 0.4) is 0 Å². The molecule has 2 aliphatic rings. The average molecular weight is 222 g/mol. The predicted octanol–water partition coefficient (Wildman–Crippen LogP) is 3.46. The van der Waals surface area contributed by atoms with Crippen LogP contribution in [0.2, 0.25) is 0 Å². The van der Waals surface area contributed by atoms with Crippen molar-refractivity contribution in [2.24, 2.45) is 5.92 Å². The zero-order chi connectivity index (χ0) is 10.3. The molecule has 2 aliphatic carbocycles. The highest BCUT2D eigenvalue weighted by molar-refractivity contribution is 7.12. The molecule has 0 bridgehead atoms. The Kier molecular flexibility index (Phi) is 2.57. The molecule has 3 rings (SSSR count). The fourth-order valence-corrected chi connectivity index (χ4v) is 4.34. The lowest BCUT2D eigenvalue weighted by Gasteiger charge is -2.15. The Labute approximate surface area is 95.1 Å². The van der Waals surface area contributed by atoms with E-state index in [1.807, 2.05) is 11.3 Å². The van der Waals surface area contributed by atoms with Gasteiger partial charge in [-0.15, -0.1) is 11.3 Å². The van der Waals surface area contributed by atoms with Gasteiger partial charge in [-0.3, -0.25) is 0 Å². The molecule has 2 heteroatoms. The molecule has 0 aromatic carbocycles. The van der Waals surface area contributed by atoms with Crippen molar-refractivity contribution >= 4 is 11.3 Å². The van der Waals surface area contributed by atoms with Crippen LogP contribution in [-0.2, 0) is 12.8 Å². The average Bonchev–Trinajstić information content (AvgIpc) is 2.92. The molecule has 1 atom stereocenters. The predicted molar refractivity (Wildman–Crippen MR) is 63.3 cm³/mol. The molecule has 1 saturated carbocycles. The highest BCUT2D eigenvalue weighted by atomic mass is 32.1. The summed E-state index contributed by atoms with van der Waals surface area (Å²) in [7, 11) is 0. The van der Waals surface area contributed by atoms with E-state index in [-0.39, 0.29) is 6.10 Å². The van der Waals surface area contributed by atoms with E-state index in [9.17, 15) is 5.11 Å². The number of thiophene rings is 1. The van der Waals surface area contributed by atoms with E-state index in [0.29, 0.717) is 5.92 Å². The van der Waals surface area contributed by atoms with Crippen LogP contribution in [0.15, 0.2) is 6.07 Å². The lowest BCUT2D eigenvalue weighted by Crippen LogP contribution is -2.07. The molecule has 15 heavy (non-hydrogen) atoms. The number of aliphatic hydroxyl groups is 1. The van der Waals surface area contributed by atoms with Crippen molar-refractivity contribution in [3.8, 4) is 0 Å². The van der Waals surface area contributed by atoms with Crippen molar-refractivity contribution in [3.63, 3.8) is 0 Å². The number of hydrogen-bond acceptors (Lipinski definition) is 2. The van der Waals surface area contributed by atoms with Gasteiger partial charge in [-0.2, -0.15) is 0 Å². The summed E-state index contributed by atoms with van der Waals surface area (Å²) in [5, 5.41) is 10.3. The molecule has 1 N–H and O–H groups in total. The number of aryl methyl sites for hydroxylation is 2. The van der Waals surface area contributed by atoms with Gasteiger partial charge in [0.2, 0.25) is 0 Å². The minimum absolute atomic E-state index is 0.164. The Morgan fingerprint density at radius 3 is 2.73 bits per heavy atom. The normalized spacial score (nSPS) is 23.3. The highest BCUT2D eigenvalue weighted by Crippen LogP contribution is 2.40. The lowest BCUT2D eigenvalue weighted by atomic mass is 9.99. The smallest absolute Gasteiger partial charge is 0.0910 e. The maximum atomic E-state index is 10.3. The molecule has 1 heterocycles. The van der Waals surface area contributed by atoms with E-state index >= 15 is 0 Å². The zero-order valence-electron chi connectivity index (χ0n) is 9.04. The van der Waals surface area contributed by atoms with Crippen LogP contribution in [-0.4, -0.2) is 5.11 Å². The largest absolute Gasteiger partial charge is 0.387 e. The van der Waals surface area contributed by atoms with Crippen LogP contribution in [0.5, 0.6) is 0 Å². The molecule has 1 aromatic heterocycles. The zero-order valence-corrected chi connectivity index (χ0v) is 9.85. The SMILES string of the molecule is OC(c1cc2c(s1)CCC2)C1CCCC1. The van der Waals surface area contributed by atoms with E-state index in [2.05, 4.69) is 6.07 Å². The molecule has 0 radical (unpaired) electrons. The molecular formula is C13H18OS. The summed E-state index contributed by atoms with van der Waals surface area (Å²) in [6.45, 7) is 0. The van der Waals surface area contributed by atoms with Crippen molar-refractivity contribution in [2.45, 2.75) is 51.0 Å². The van der Waals surface area contributed by atoms with Crippen LogP contribution in [0.4, 0.5) is 0 Å². The summed E-state index contributed by atoms with van der Waals surface area (Å²) in [4.78, 5) is 2.79. The molecular weight excluding hydrogens is 204 g/mol. The second kappa shape index (κ2) is 3.91. The molecule has 0 saturated heterocycles. The van der Waals surface area contributed by atoms with Crippen LogP contribution in [0.1, 0.15) is 53.5 Å². The van der Waals surface area contributed by atoms with Crippen molar-refractivity contribution in [3.05, 3.63) is 21.4 Å². The van der Waals surface area contributed by atoms with Gasteiger partial charge in [0, 0.05) is 9.75 Å². The quantitative estimate of drug-likeness (QED) is 0.812. The fourth-order valence-electron chi connectivity index (χ4n) is 3.00.